The summed E-state index contributed by atoms with van der Waals surface area (Å²) in [4.78, 5) is 35.5. The molecule has 4 atom stereocenters. The van der Waals surface area contributed by atoms with Crippen LogP contribution in [0.5, 0.6) is 0 Å². The first kappa shape index (κ1) is 23.2. The first-order valence-corrected chi connectivity index (χ1v) is 8.30. The fourth-order valence-electron chi connectivity index (χ4n) is 2.44. The van der Waals surface area contributed by atoms with Crippen molar-refractivity contribution >= 4 is 17.8 Å². The molecule has 0 saturated carbocycles. The Labute approximate surface area is 146 Å². The normalized spacial score (nSPS) is 15.9. The van der Waals surface area contributed by atoms with Gasteiger partial charge in [-0.05, 0) is 52.0 Å². The van der Waals surface area contributed by atoms with Gasteiger partial charge in [-0.3, -0.25) is 9.59 Å². The molecule has 1 amide bonds. The Morgan fingerprint density at radius 1 is 0.960 bits per heavy atom. The van der Waals surface area contributed by atoms with Gasteiger partial charge in [0, 0.05) is 0 Å². The van der Waals surface area contributed by atoms with E-state index in [0.717, 1.165) is 4.90 Å². The van der Waals surface area contributed by atoms with E-state index in [2.05, 4.69) is 0 Å². The number of nitrogens with zero attached hydrogens (tertiary/aromatic N) is 1. The third-order valence-corrected chi connectivity index (χ3v) is 3.85. The Bertz CT molecular complexity index is 446. The topological polar surface area (TPSA) is 193 Å². The molecule has 0 saturated heterocycles. The van der Waals surface area contributed by atoms with Crippen LogP contribution in [-0.4, -0.2) is 69.0 Å². The molecule has 0 aromatic carbocycles. The second-order valence-corrected chi connectivity index (χ2v) is 6.00. The summed E-state index contributed by atoms with van der Waals surface area (Å²) in [6.45, 7) is 1.64. The number of aliphatic hydroxyl groups is 1. The molecule has 10 heteroatoms. The number of carboxylic acids is 2. The number of unbranched alkanes of at least 4 members (excludes halogenated alkanes) is 1. The summed E-state index contributed by atoms with van der Waals surface area (Å²) < 4.78 is 0. The molecule has 0 aliphatic heterocycles. The van der Waals surface area contributed by atoms with Gasteiger partial charge >= 0.3 is 11.9 Å². The molecule has 0 rings (SSSR count). The molecule has 0 fully saturated rings. The molecule has 0 aromatic heterocycles. The maximum absolute atomic E-state index is 12.3. The zero-order chi connectivity index (χ0) is 19.6. The first-order chi connectivity index (χ1) is 11.6. The summed E-state index contributed by atoms with van der Waals surface area (Å²) in [5.74, 6) is -3.14. The van der Waals surface area contributed by atoms with Crippen molar-refractivity contribution in [3.63, 3.8) is 0 Å². The number of hydrogen-bond acceptors (Lipinski definition) is 7. The molecule has 0 aliphatic carbocycles. The lowest BCUT2D eigenvalue weighted by Crippen LogP contribution is -2.56. The lowest BCUT2D eigenvalue weighted by atomic mass is 10.0. The Balaban J connectivity index is 5.07. The number of aliphatic carboxylic acids is 2. The van der Waals surface area contributed by atoms with Gasteiger partial charge in [-0.2, -0.15) is 0 Å². The van der Waals surface area contributed by atoms with Crippen LogP contribution in [0.2, 0.25) is 0 Å². The molecule has 10 nitrogen and oxygen atoms in total. The standard InChI is InChI=1S/C15H30N4O6/c1-9(20)13(21)19(11(15(24)25)6-2-3-8-16)12(18)7-4-5-10(17)14(22)23/h9-12,20H,2-8,16-18H2,1H3,(H,22,23)(H,24,25)/t9?,10-,11-,12?/m0/s1. The van der Waals surface area contributed by atoms with Crippen LogP contribution in [0, 0.1) is 0 Å². The fourth-order valence-corrected chi connectivity index (χ4v) is 2.44. The van der Waals surface area contributed by atoms with Gasteiger partial charge in [0.25, 0.3) is 5.91 Å². The van der Waals surface area contributed by atoms with E-state index >= 15 is 0 Å². The maximum atomic E-state index is 12.3. The Morgan fingerprint density at radius 3 is 2.00 bits per heavy atom. The Kier molecular flexibility index (Phi) is 10.9. The number of aliphatic hydroxyl groups excluding tert-OH is 1. The van der Waals surface area contributed by atoms with Crippen molar-refractivity contribution in [2.45, 2.75) is 69.8 Å². The van der Waals surface area contributed by atoms with E-state index in [4.69, 9.17) is 22.3 Å². The number of rotatable bonds is 13. The molecule has 0 heterocycles. The molecule has 0 aromatic rings. The number of hydrogen-bond donors (Lipinski definition) is 6. The zero-order valence-corrected chi connectivity index (χ0v) is 14.5. The first-order valence-electron chi connectivity index (χ1n) is 8.30. The minimum atomic E-state index is -1.40. The minimum Gasteiger partial charge on any atom is -0.480 e. The molecule has 25 heavy (non-hydrogen) atoms. The lowest BCUT2D eigenvalue weighted by Gasteiger charge is -2.35. The highest BCUT2D eigenvalue weighted by Gasteiger charge is 2.34. The molecule has 0 radical (unpaired) electrons. The Morgan fingerprint density at radius 2 is 1.56 bits per heavy atom. The van der Waals surface area contributed by atoms with Crippen molar-refractivity contribution < 1.29 is 29.7 Å². The van der Waals surface area contributed by atoms with Crippen LogP contribution in [-0.2, 0) is 14.4 Å². The maximum Gasteiger partial charge on any atom is 0.326 e. The summed E-state index contributed by atoms with van der Waals surface area (Å²) in [5.41, 5.74) is 16.8. The molecule has 146 valence electrons. The smallest absolute Gasteiger partial charge is 0.326 e. The summed E-state index contributed by atoms with van der Waals surface area (Å²) in [6, 6.07) is -2.23. The van der Waals surface area contributed by atoms with E-state index in [1.165, 1.54) is 6.92 Å². The largest absolute Gasteiger partial charge is 0.480 e. The highest BCUT2D eigenvalue weighted by Crippen LogP contribution is 2.16. The summed E-state index contributed by atoms with van der Waals surface area (Å²) in [7, 11) is 0. The number of carbonyl (C=O) groups excluding carboxylic acids is 1. The molecular weight excluding hydrogens is 332 g/mol. The SMILES string of the molecule is CC(O)C(=O)N(C(N)CCC[C@H](N)C(=O)O)[C@@H](CCCCN)C(=O)O. The van der Waals surface area contributed by atoms with Crippen LogP contribution in [0.3, 0.4) is 0 Å². The van der Waals surface area contributed by atoms with E-state index in [9.17, 15) is 24.6 Å². The van der Waals surface area contributed by atoms with Crippen molar-refractivity contribution in [1.82, 2.24) is 4.90 Å². The quantitative estimate of drug-likeness (QED) is 0.169. The van der Waals surface area contributed by atoms with Crippen LogP contribution in [0.15, 0.2) is 0 Å². The van der Waals surface area contributed by atoms with Gasteiger partial charge in [0.15, 0.2) is 0 Å². The highest BCUT2D eigenvalue weighted by atomic mass is 16.4. The molecule has 2 unspecified atom stereocenters. The van der Waals surface area contributed by atoms with E-state index in [0.29, 0.717) is 25.8 Å². The average molecular weight is 362 g/mol. The molecule has 0 bridgehead atoms. The van der Waals surface area contributed by atoms with E-state index in [-0.39, 0.29) is 19.3 Å². The highest BCUT2D eigenvalue weighted by molar-refractivity contribution is 5.86. The van der Waals surface area contributed by atoms with Gasteiger partial charge in [0.05, 0.1) is 6.17 Å². The number of carbonyl (C=O) groups is 3. The van der Waals surface area contributed by atoms with Crippen molar-refractivity contribution in [2.75, 3.05) is 6.54 Å². The minimum absolute atomic E-state index is 0.144. The van der Waals surface area contributed by atoms with Gasteiger partial charge < -0.3 is 37.4 Å². The van der Waals surface area contributed by atoms with Gasteiger partial charge in [-0.1, -0.05) is 0 Å². The number of nitrogens with two attached hydrogens (primary N) is 3. The van der Waals surface area contributed by atoms with Crippen LogP contribution >= 0.6 is 0 Å². The predicted molar refractivity (Wildman–Crippen MR) is 90.3 cm³/mol. The number of amides is 1. The van der Waals surface area contributed by atoms with Crippen LogP contribution in [0.25, 0.3) is 0 Å². The van der Waals surface area contributed by atoms with Gasteiger partial charge in [-0.15, -0.1) is 0 Å². The zero-order valence-electron chi connectivity index (χ0n) is 14.5. The van der Waals surface area contributed by atoms with Gasteiger partial charge in [-0.25, -0.2) is 4.79 Å². The lowest BCUT2D eigenvalue weighted by molar-refractivity contribution is -0.157. The van der Waals surface area contributed by atoms with Crippen molar-refractivity contribution in [1.29, 1.82) is 0 Å². The summed E-state index contributed by atoms with van der Waals surface area (Å²) in [6.07, 6.45) is -0.506. The third-order valence-electron chi connectivity index (χ3n) is 3.85. The van der Waals surface area contributed by atoms with Crippen molar-refractivity contribution in [3.8, 4) is 0 Å². The second kappa shape index (κ2) is 11.7. The van der Waals surface area contributed by atoms with Gasteiger partial charge in [0.1, 0.15) is 18.2 Å². The van der Waals surface area contributed by atoms with E-state index in [1.807, 2.05) is 0 Å². The average Bonchev–Trinajstić information content (AvgIpc) is 2.52. The van der Waals surface area contributed by atoms with Crippen LogP contribution in [0.4, 0.5) is 0 Å². The van der Waals surface area contributed by atoms with Crippen molar-refractivity contribution in [3.05, 3.63) is 0 Å². The Hall–Kier alpha value is -1.75. The fraction of sp³-hybridized carbons (Fsp3) is 0.800. The molecule has 0 aliphatic rings. The third kappa shape index (κ3) is 8.25. The molecular formula is C15H30N4O6. The summed E-state index contributed by atoms with van der Waals surface area (Å²) in [5, 5.41) is 27.8. The molecule has 9 N–H and O–H groups in total. The van der Waals surface area contributed by atoms with E-state index in [1.54, 1.807) is 0 Å². The van der Waals surface area contributed by atoms with Crippen LogP contribution < -0.4 is 17.2 Å². The predicted octanol–water partition coefficient (Wildman–Crippen LogP) is -1.35. The summed E-state index contributed by atoms with van der Waals surface area (Å²) >= 11 is 0. The van der Waals surface area contributed by atoms with E-state index < -0.39 is 42.2 Å². The van der Waals surface area contributed by atoms with Crippen molar-refractivity contribution in [2.24, 2.45) is 17.2 Å². The molecule has 0 spiro atoms. The van der Waals surface area contributed by atoms with Gasteiger partial charge in [0.2, 0.25) is 0 Å². The monoisotopic (exact) mass is 362 g/mol. The van der Waals surface area contributed by atoms with Crippen LogP contribution in [0.1, 0.15) is 45.4 Å². The number of carboxylic acid groups (broad SMARTS) is 2. The second-order valence-electron chi connectivity index (χ2n) is 6.00.